The minimum absolute atomic E-state index is 0.0361. The van der Waals surface area contributed by atoms with E-state index in [-0.39, 0.29) is 48.4 Å². The van der Waals surface area contributed by atoms with Crippen LogP contribution in [-0.2, 0) is 16.1 Å². The number of ether oxygens (including phenoxy) is 1. The van der Waals surface area contributed by atoms with Crippen LogP contribution in [0.4, 0.5) is 11.9 Å². The maximum absolute atomic E-state index is 12.7. The second-order valence-electron chi connectivity index (χ2n) is 11.3. The molecule has 0 radical (unpaired) electrons. The van der Waals surface area contributed by atoms with Crippen molar-refractivity contribution < 1.29 is 19.7 Å². The summed E-state index contributed by atoms with van der Waals surface area (Å²) in [5.41, 5.74) is 0.886. The predicted molar refractivity (Wildman–Crippen MR) is 133 cm³/mol. The summed E-state index contributed by atoms with van der Waals surface area (Å²) in [5, 5.41) is 25.0. The number of imidazole rings is 2. The highest BCUT2D eigenvalue weighted by molar-refractivity contribution is 5.93. The number of carbonyl (C=O) groups excluding carboxylic acids is 1. The number of carbonyl (C=O) groups is 1. The fourth-order valence-electron chi connectivity index (χ4n) is 7.49. The van der Waals surface area contributed by atoms with Crippen molar-refractivity contribution in [3.63, 3.8) is 0 Å². The van der Waals surface area contributed by atoms with E-state index in [1.54, 1.807) is 18.6 Å². The molecule has 2 fully saturated rings. The number of esters is 1. The van der Waals surface area contributed by atoms with Gasteiger partial charge in [0.15, 0.2) is 0 Å². The molecule has 36 heavy (non-hydrogen) atoms. The lowest BCUT2D eigenvalue weighted by atomic mass is 9.44. The van der Waals surface area contributed by atoms with E-state index in [2.05, 4.69) is 31.8 Å². The zero-order valence-electron chi connectivity index (χ0n) is 20.7. The van der Waals surface area contributed by atoms with Crippen molar-refractivity contribution in [2.75, 3.05) is 18.5 Å². The molecule has 0 aromatic carbocycles. The van der Waals surface area contributed by atoms with Crippen LogP contribution in [-0.4, -0.2) is 66.8 Å². The highest BCUT2D eigenvalue weighted by atomic mass is 16.5. The lowest BCUT2D eigenvalue weighted by molar-refractivity contribution is -0.156. The number of nitrogens with zero attached hydrogens (tertiary/aromatic N) is 4. The second kappa shape index (κ2) is 8.55. The Morgan fingerprint density at radius 2 is 2.19 bits per heavy atom. The van der Waals surface area contributed by atoms with Crippen molar-refractivity contribution in [1.29, 1.82) is 0 Å². The van der Waals surface area contributed by atoms with Gasteiger partial charge in [0.2, 0.25) is 11.9 Å². The maximum atomic E-state index is 12.7. The summed E-state index contributed by atoms with van der Waals surface area (Å²) in [7, 11) is 0. The van der Waals surface area contributed by atoms with Gasteiger partial charge in [0.25, 0.3) is 0 Å². The Morgan fingerprint density at radius 1 is 1.33 bits per heavy atom. The van der Waals surface area contributed by atoms with Crippen LogP contribution in [0, 0.1) is 28.6 Å². The summed E-state index contributed by atoms with van der Waals surface area (Å²) in [4.78, 5) is 29.5. The lowest BCUT2D eigenvalue weighted by Gasteiger charge is -2.62. The number of hydrogen-bond donors (Lipinski definition) is 4. The van der Waals surface area contributed by atoms with E-state index in [4.69, 9.17) is 9.73 Å². The molecule has 0 bridgehead atoms. The molecular formula is C26H34N6O4. The first-order valence-corrected chi connectivity index (χ1v) is 12.8. The Balaban J connectivity index is 1.43. The minimum Gasteiger partial charge on any atom is -0.458 e. The molecule has 0 saturated heterocycles. The molecule has 0 spiro atoms. The summed E-state index contributed by atoms with van der Waals surface area (Å²) in [6.45, 7) is 5.29. The number of aliphatic imine (C=N–C) groups is 1. The topological polar surface area (TPSA) is 138 Å². The van der Waals surface area contributed by atoms with E-state index < -0.39 is 11.5 Å². The quantitative estimate of drug-likeness (QED) is 0.453. The first-order valence-electron chi connectivity index (χ1n) is 12.8. The third-order valence-electron chi connectivity index (χ3n) is 9.58. The average molecular weight is 495 g/mol. The van der Waals surface area contributed by atoms with Crippen molar-refractivity contribution in [3.8, 4) is 0 Å². The highest BCUT2D eigenvalue weighted by Crippen LogP contribution is 2.62. The monoisotopic (exact) mass is 494 g/mol. The standard InChI is InChI=1S/C26H34N6O4/c1-25-5-3-21(34)26(2,14-33)20(25)12-19-16(13-32-9-8-29-24(32)31-19)17(25)11-18(15-4-10-36-22(15)35)30-23-27-6-7-28-23/h4,6-9,16-18,20-21,33-34H,3,5,10-14H2,1-2H3,(H2,27,28,30)/t16?,17?,18?,20?,21-,25-,26+/m1/s1. The number of H-pyrrole nitrogens is 1. The third-order valence-corrected chi connectivity index (χ3v) is 9.58. The van der Waals surface area contributed by atoms with Gasteiger partial charge in [-0.05, 0) is 49.0 Å². The molecule has 4 aliphatic rings. The van der Waals surface area contributed by atoms with Crippen LogP contribution in [0.25, 0.3) is 0 Å². The van der Waals surface area contributed by atoms with Gasteiger partial charge in [-0.25, -0.2) is 19.8 Å². The number of fused-ring (bicyclic) bond motifs is 3. The maximum Gasteiger partial charge on any atom is 0.336 e. The minimum atomic E-state index is -0.638. The molecule has 10 nitrogen and oxygen atoms in total. The lowest BCUT2D eigenvalue weighted by Crippen LogP contribution is -2.61. The van der Waals surface area contributed by atoms with Gasteiger partial charge in [-0.1, -0.05) is 13.8 Å². The molecule has 2 aliphatic heterocycles. The van der Waals surface area contributed by atoms with Crippen molar-refractivity contribution in [3.05, 3.63) is 36.4 Å². The van der Waals surface area contributed by atoms with Gasteiger partial charge < -0.3 is 29.8 Å². The first-order chi connectivity index (χ1) is 17.3. The SMILES string of the molecule is C[C@]12CC[C@@H](O)[C@@](C)(CO)C1CC1=Nc3nccn3CC1C2CC(Nc1ncc[nH]1)C1=CCOC1=O. The summed E-state index contributed by atoms with van der Waals surface area (Å²) < 4.78 is 7.39. The molecule has 192 valence electrons. The van der Waals surface area contributed by atoms with Gasteiger partial charge >= 0.3 is 5.97 Å². The number of hydrogen-bond acceptors (Lipinski definition) is 8. The van der Waals surface area contributed by atoms with E-state index in [0.717, 1.165) is 25.1 Å². The Labute approximate surface area is 209 Å². The summed E-state index contributed by atoms with van der Waals surface area (Å²) in [6, 6.07) is -0.301. The predicted octanol–water partition coefficient (Wildman–Crippen LogP) is 2.46. The number of rotatable bonds is 6. The van der Waals surface area contributed by atoms with E-state index in [1.807, 2.05) is 19.2 Å². The number of aliphatic hydroxyl groups is 2. The molecule has 6 rings (SSSR count). The van der Waals surface area contributed by atoms with Gasteiger partial charge in [0.05, 0.1) is 24.3 Å². The van der Waals surface area contributed by atoms with Gasteiger partial charge in [-0.3, -0.25) is 0 Å². The number of anilines is 1. The fourth-order valence-corrected chi connectivity index (χ4v) is 7.49. The normalized spacial score (nSPS) is 36.2. The van der Waals surface area contributed by atoms with Crippen LogP contribution < -0.4 is 5.32 Å². The number of cyclic esters (lactones) is 1. The van der Waals surface area contributed by atoms with Crippen LogP contribution in [0.1, 0.15) is 39.5 Å². The molecule has 4 N–H and O–H groups in total. The Morgan fingerprint density at radius 3 is 2.92 bits per heavy atom. The van der Waals surface area contributed by atoms with Gasteiger partial charge in [0, 0.05) is 48.4 Å². The molecule has 4 unspecified atom stereocenters. The zero-order chi connectivity index (χ0) is 25.1. The highest BCUT2D eigenvalue weighted by Gasteiger charge is 2.61. The average Bonchev–Trinajstić information content (AvgIpc) is 3.63. The number of nitrogens with one attached hydrogen (secondary N) is 2. The van der Waals surface area contributed by atoms with E-state index in [0.29, 0.717) is 30.3 Å². The Bertz CT molecular complexity index is 1200. The zero-order valence-corrected chi connectivity index (χ0v) is 20.7. The third kappa shape index (κ3) is 3.53. The molecule has 2 aromatic heterocycles. The smallest absolute Gasteiger partial charge is 0.336 e. The van der Waals surface area contributed by atoms with Gasteiger partial charge in [-0.2, -0.15) is 0 Å². The largest absolute Gasteiger partial charge is 0.458 e. The number of aromatic nitrogens is 4. The molecule has 7 atom stereocenters. The molecular weight excluding hydrogens is 460 g/mol. The summed E-state index contributed by atoms with van der Waals surface area (Å²) >= 11 is 0. The van der Waals surface area contributed by atoms with Crippen molar-refractivity contribution >= 4 is 23.6 Å². The van der Waals surface area contributed by atoms with Crippen LogP contribution in [0.3, 0.4) is 0 Å². The van der Waals surface area contributed by atoms with Crippen LogP contribution in [0.15, 0.2) is 41.4 Å². The van der Waals surface area contributed by atoms with Crippen LogP contribution >= 0.6 is 0 Å². The molecule has 4 heterocycles. The van der Waals surface area contributed by atoms with Crippen LogP contribution in [0.2, 0.25) is 0 Å². The first kappa shape index (κ1) is 23.4. The summed E-state index contributed by atoms with van der Waals surface area (Å²) in [6.07, 6.45) is 11.3. The van der Waals surface area contributed by atoms with E-state index in [9.17, 15) is 15.0 Å². The number of aromatic amines is 1. The van der Waals surface area contributed by atoms with Crippen molar-refractivity contribution in [2.24, 2.45) is 33.6 Å². The van der Waals surface area contributed by atoms with Gasteiger partial charge in [-0.15, -0.1) is 0 Å². The second-order valence-corrected chi connectivity index (χ2v) is 11.3. The molecule has 10 heteroatoms. The fraction of sp³-hybridized carbons (Fsp3) is 0.615. The van der Waals surface area contributed by atoms with Crippen LogP contribution in [0.5, 0.6) is 0 Å². The summed E-state index contributed by atoms with van der Waals surface area (Å²) in [5.74, 6) is 1.33. The Hall–Kier alpha value is -2.98. The molecule has 0 amide bonds. The van der Waals surface area contributed by atoms with E-state index in [1.165, 1.54) is 0 Å². The molecule has 2 saturated carbocycles. The van der Waals surface area contributed by atoms with E-state index >= 15 is 0 Å². The Kier molecular flexibility index (Phi) is 5.56. The number of aliphatic hydroxyl groups excluding tert-OH is 2. The molecule has 2 aliphatic carbocycles. The van der Waals surface area contributed by atoms with Crippen molar-refractivity contribution in [2.45, 2.75) is 58.2 Å². The van der Waals surface area contributed by atoms with Crippen molar-refractivity contribution in [1.82, 2.24) is 19.5 Å². The van der Waals surface area contributed by atoms with Gasteiger partial charge in [0.1, 0.15) is 6.61 Å². The molecule has 2 aromatic rings.